The monoisotopic (exact) mass is 785 g/mol. The smallest absolute Gasteiger partial charge is 0.308 e. The van der Waals surface area contributed by atoms with E-state index in [1.54, 1.807) is 64.9 Å². The number of likely N-dealkylation sites (N-methyl/N-ethyl adjacent to an activating group) is 1. The summed E-state index contributed by atoms with van der Waals surface area (Å²) in [6.45, 7) is 12.4. The van der Waals surface area contributed by atoms with Gasteiger partial charge in [0.1, 0.15) is 36.3 Å². The number of cyclic esters (lactones) is 1. The Balaban J connectivity index is 1.90. The maximum absolute atomic E-state index is 12.9. The highest BCUT2D eigenvalue weighted by atomic mass is 16.7. The first kappa shape index (κ1) is 47.1. The third-order valence-electron chi connectivity index (χ3n) is 10.6. The Morgan fingerprint density at radius 1 is 1.04 bits per heavy atom. The number of carbonyl (C=O) groups is 3. The van der Waals surface area contributed by atoms with Gasteiger partial charge in [-0.3, -0.25) is 9.59 Å². The van der Waals surface area contributed by atoms with Crippen molar-refractivity contribution in [3.05, 3.63) is 24.3 Å². The third-order valence-corrected chi connectivity index (χ3v) is 10.6. The number of allylic oxidation sites excluding steroid dienone is 2. The molecule has 0 aromatic heterocycles. The number of esters is 2. The van der Waals surface area contributed by atoms with Crippen LogP contribution in [0.3, 0.4) is 0 Å². The van der Waals surface area contributed by atoms with Crippen LogP contribution in [0.25, 0.3) is 0 Å². The van der Waals surface area contributed by atoms with E-state index in [0.717, 1.165) is 6.29 Å². The zero-order valence-electron chi connectivity index (χ0n) is 34.2. The summed E-state index contributed by atoms with van der Waals surface area (Å²) in [4.78, 5) is 39.3. The number of aldehydes is 1. The summed E-state index contributed by atoms with van der Waals surface area (Å²) in [5.41, 5.74) is -1.49. The van der Waals surface area contributed by atoms with Crippen LogP contribution in [0.15, 0.2) is 24.3 Å². The average molecular weight is 786 g/mol. The van der Waals surface area contributed by atoms with Crippen molar-refractivity contribution in [3.63, 3.8) is 0 Å². The first-order chi connectivity index (χ1) is 25.8. The van der Waals surface area contributed by atoms with Crippen molar-refractivity contribution >= 4 is 18.2 Å². The lowest BCUT2D eigenvalue weighted by Crippen LogP contribution is -2.66. The number of rotatable bonds is 11. The molecule has 0 aliphatic carbocycles. The van der Waals surface area contributed by atoms with Gasteiger partial charge in [-0.2, -0.15) is 0 Å². The molecule has 0 amide bonds. The lowest BCUT2D eigenvalue weighted by molar-refractivity contribution is -0.344. The number of hydrogen-bond donors (Lipinski definition) is 4. The largest absolute Gasteiger partial charge is 0.462 e. The Morgan fingerprint density at radius 2 is 1.73 bits per heavy atom. The predicted octanol–water partition coefficient (Wildman–Crippen LogP) is 2.44. The van der Waals surface area contributed by atoms with Crippen molar-refractivity contribution in [1.82, 2.24) is 4.90 Å². The molecule has 3 aliphatic rings. The molecule has 55 heavy (non-hydrogen) atoms. The Hall–Kier alpha value is -2.31. The molecule has 0 spiro atoms. The van der Waals surface area contributed by atoms with Crippen LogP contribution in [-0.4, -0.2) is 150 Å². The highest BCUT2D eigenvalue weighted by Gasteiger charge is 2.52. The Labute approximate surface area is 326 Å². The molecule has 0 aromatic rings. The second kappa shape index (κ2) is 21.4. The van der Waals surface area contributed by atoms with Crippen LogP contribution in [0, 0.1) is 17.8 Å². The quantitative estimate of drug-likeness (QED) is 0.176. The molecule has 316 valence electrons. The number of nitrogens with zero attached hydrogens (tertiary/aromatic N) is 1. The normalized spacial score (nSPS) is 42.4. The van der Waals surface area contributed by atoms with Gasteiger partial charge >= 0.3 is 11.9 Å². The third kappa shape index (κ3) is 13.4. The molecule has 2 fully saturated rings. The summed E-state index contributed by atoms with van der Waals surface area (Å²) in [5.74, 6) is -2.03. The summed E-state index contributed by atoms with van der Waals surface area (Å²) in [6.07, 6.45) is -3.92. The highest BCUT2D eigenvalue weighted by Crippen LogP contribution is 2.37. The van der Waals surface area contributed by atoms with E-state index in [4.69, 9.17) is 33.2 Å². The van der Waals surface area contributed by atoms with Gasteiger partial charge in [-0.05, 0) is 66.0 Å². The molecule has 3 rings (SSSR count). The van der Waals surface area contributed by atoms with Gasteiger partial charge in [0.25, 0.3) is 0 Å². The van der Waals surface area contributed by atoms with E-state index in [2.05, 4.69) is 0 Å². The van der Waals surface area contributed by atoms with Crippen LogP contribution >= 0.6 is 0 Å². The Kier molecular flexibility index (Phi) is 18.4. The van der Waals surface area contributed by atoms with E-state index < -0.39 is 110 Å². The molecule has 3 heterocycles. The molecule has 4 N–H and O–H groups in total. The van der Waals surface area contributed by atoms with E-state index in [1.807, 2.05) is 26.8 Å². The molecule has 0 bridgehead atoms. The average Bonchev–Trinajstić information content (AvgIpc) is 3.06. The predicted molar refractivity (Wildman–Crippen MR) is 200 cm³/mol. The number of methoxy groups -OCH3 is 1. The molecule has 15 nitrogen and oxygen atoms in total. The molecule has 0 radical (unpaired) electrons. The number of aliphatic hydroxyl groups excluding tert-OH is 3. The zero-order valence-corrected chi connectivity index (χ0v) is 34.2. The van der Waals surface area contributed by atoms with E-state index in [-0.39, 0.29) is 37.5 Å². The summed E-state index contributed by atoms with van der Waals surface area (Å²) in [6, 6.07) is -0.753. The second-order valence-electron chi connectivity index (χ2n) is 16.4. The maximum Gasteiger partial charge on any atom is 0.308 e. The van der Waals surface area contributed by atoms with Crippen LogP contribution in [0.2, 0.25) is 0 Å². The molecule has 0 aromatic carbocycles. The SMILES string of the molecule is COC1C(O)CC(=O)OC(C)C/C=C/C=C/C(O)C(C)CC(CC=O)C1OC1OC(C)C(OC2CC(C)(O)C(OC(=O)CC(C)C)C(C)O2)C(N(C)C)C1O. The van der Waals surface area contributed by atoms with Crippen molar-refractivity contribution < 1.29 is 68.0 Å². The Morgan fingerprint density at radius 3 is 2.33 bits per heavy atom. The maximum atomic E-state index is 12.9. The summed E-state index contributed by atoms with van der Waals surface area (Å²) >= 11 is 0. The molecule has 15 heteroatoms. The molecular weight excluding hydrogens is 718 g/mol. The Bertz CT molecular complexity index is 1270. The first-order valence-corrected chi connectivity index (χ1v) is 19.5. The minimum Gasteiger partial charge on any atom is -0.462 e. The molecule has 2 saturated heterocycles. The standard InChI is InChI=1S/C40H67NO14/c1-22(2)18-30(45)53-38-26(6)51-32(21-40(38,7)48)54-35-25(5)52-39(34(47)33(35)41(8)9)55-36-27(16-17-42)19-23(3)28(43)15-13-11-12-14-24(4)50-31(46)20-29(44)37(36)49-10/h11-13,15,17,22-29,32-39,43-44,47-48H,14,16,18-21H2,1-10H3/b12-11+,15-13+. The second-order valence-corrected chi connectivity index (χ2v) is 16.4. The van der Waals surface area contributed by atoms with Crippen molar-refractivity contribution in [1.29, 1.82) is 0 Å². The van der Waals surface area contributed by atoms with E-state index >= 15 is 0 Å². The lowest BCUT2D eigenvalue weighted by Gasteiger charge is -2.50. The van der Waals surface area contributed by atoms with E-state index in [0.29, 0.717) is 6.42 Å². The first-order valence-electron chi connectivity index (χ1n) is 19.5. The van der Waals surface area contributed by atoms with Gasteiger partial charge in [-0.25, -0.2) is 0 Å². The van der Waals surface area contributed by atoms with Gasteiger partial charge in [0, 0.05) is 32.8 Å². The van der Waals surface area contributed by atoms with E-state index in [9.17, 15) is 34.8 Å². The number of ether oxygens (including phenoxy) is 7. The van der Waals surface area contributed by atoms with Crippen molar-refractivity contribution in [3.8, 4) is 0 Å². The van der Waals surface area contributed by atoms with Crippen LogP contribution in [-0.2, 0) is 47.5 Å². The fourth-order valence-corrected chi connectivity index (χ4v) is 7.78. The number of hydrogen-bond acceptors (Lipinski definition) is 15. The van der Waals surface area contributed by atoms with Gasteiger partial charge in [-0.15, -0.1) is 0 Å². The highest BCUT2D eigenvalue weighted by molar-refractivity contribution is 5.70. The van der Waals surface area contributed by atoms with Crippen molar-refractivity contribution in [2.75, 3.05) is 21.2 Å². The van der Waals surface area contributed by atoms with Crippen LogP contribution in [0.5, 0.6) is 0 Å². The van der Waals surface area contributed by atoms with Gasteiger partial charge in [0.2, 0.25) is 0 Å². The van der Waals surface area contributed by atoms with E-state index in [1.165, 1.54) is 7.11 Å². The van der Waals surface area contributed by atoms with Gasteiger partial charge in [-0.1, -0.05) is 45.1 Å². The molecule has 0 saturated carbocycles. The van der Waals surface area contributed by atoms with Gasteiger partial charge in [0.05, 0.1) is 43.0 Å². The molecule has 16 unspecified atom stereocenters. The zero-order chi connectivity index (χ0) is 41.2. The summed E-state index contributed by atoms with van der Waals surface area (Å²) in [7, 11) is 4.86. The molecular formula is C40H67NO14. The summed E-state index contributed by atoms with van der Waals surface area (Å²) in [5, 5.41) is 45.8. The summed E-state index contributed by atoms with van der Waals surface area (Å²) < 4.78 is 42.4. The van der Waals surface area contributed by atoms with Crippen molar-refractivity contribution in [2.24, 2.45) is 17.8 Å². The molecule has 3 aliphatic heterocycles. The fourth-order valence-electron chi connectivity index (χ4n) is 7.78. The molecule has 16 atom stereocenters. The minimum absolute atomic E-state index is 0.0318. The van der Waals surface area contributed by atoms with Gasteiger partial charge in [0.15, 0.2) is 18.7 Å². The lowest BCUT2D eigenvalue weighted by atomic mass is 9.82. The van der Waals surface area contributed by atoms with Crippen molar-refractivity contribution in [2.45, 2.75) is 172 Å². The van der Waals surface area contributed by atoms with Crippen LogP contribution in [0.4, 0.5) is 0 Å². The number of carbonyl (C=O) groups excluding carboxylic acids is 3. The van der Waals surface area contributed by atoms with Gasteiger partial charge < -0.3 is 63.3 Å². The minimum atomic E-state index is -1.49. The van der Waals surface area contributed by atoms with Crippen LogP contribution in [0.1, 0.15) is 87.0 Å². The topological polar surface area (TPSA) is 200 Å². The number of aliphatic hydroxyl groups is 4. The fraction of sp³-hybridized carbons (Fsp3) is 0.825. The van der Waals surface area contributed by atoms with Crippen LogP contribution < -0.4 is 0 Å².